The number of hydrogen-bond acceptors (Lipinski definition) is 4. The van der Waals surface area contributed by atoms with Gasteiger partial charge in [0.15, 0.2) is 0 Å². The molecule has 1 unspecified atom stereocenters. The third-order valence-electron chi connectivity index (χ3n) is 3.58. The zero-order valence-electron chi connectivity index (χ0n) is 12.7. The van der Waals surface area contributed by atoms with E-state index in [0.717, 1.165) is 25.0 Å². The molecule has 1 fully saturated rings. The van der Waals surface area contributed by atoms with E-state index in [9.17, 15) is 13.2 Å². The second-order valence-electron chi connectivity index (χ2n) is 5.33. The van der Waals surface area contributed by atoms with Gasteiger partial charge in [0.2, 0.25) is 5.91 Å². The van der Waals surface area contributed by atoms with E-state index in [1.807, 2.05) is 12.1 Å². The van der Waals surface area contributed by atoms with Crippen LogP contribution in [0.25, 0.3) is 0 Å². The largest absolute Gasteiger partial charge is 0.347 e. The molecular formula is C14H22N4O3S. The van der Waals surface area contributed by atoms with Crippen LogP contribution in [0, 0.1) is 0 Å². The van der Waals surface area contributed by atoms with E-state index in [4.69, 9.17) is 0 Å². The number of nitrogens with one attached hydrogen (secondary N) is 2. The average Bonchev–Trinajstić information content (AvgIpc) is 2.55. The Morgan fingerprint density at radius 3 is 2.68 bits per heavy atom. The second-order valence-corrected chi connectivity index (χ2v) is 7.08. The molecule has 0 saturated carbocycles. The molecule has 1 aliphatic rings. The van der Waals surface area contributed by atoms with Crippen molar-refractivity contribution in [3.63, 3.8) is 0 Å². The van der Waals surface area contributed by atoms with Crippen LogP contribution in [-0.2, 0) is 15.0 Å². The Kier molecular flexibility index (Phi) is 5.87. The van der Waals surface area contributed by atoms with Crippen LogP contribution >= 0.6 is 0 Å². The minimum absolute atomic E-state index is 0.268. The second kappa shape index (κ2) is 7.66. The molecule has 7 nitrogen and oxygen atoms in total. The molecule has 1 saturated heterocycles. The summed E-state index contributed by atoms with van der Waals surface area (Å²) in [6.07, 6.45) is 4.43. The van der Waals surface area contributed by atoms with Crippen molar-refractivity contribution in [3.05, 3.63) is 30.1 Å². The molecule has 2 rings (SSSR count). The van der Waals surface area contributed by atoms with Gasteiger partial charge in [0, 0.05) is 19.3 Å². The van der Waals surface area contributed by atoms with Gasteiger partial charge in [-0.15, -0.1) is 0 Å². The normalized spacial score (nSPS) is 17.9. The van der Waals surface area contributed by atoms with E-state index in [2.05, 4.69) is 15.0 Å². The molecule has 0 spiro atoms. The van der Waals surface area contributed by atoms with Crippen molar-refractivity contribution in [2.75, 3.05) is 19.6 Å². The first kappa shape index (κ1) is 16.9. The summed E-state index contributed by atoms with van der Waals surface area (Å²) >= 11 is 0. The number of carbonyl (C=O) groups excluding carboxylic acids is 1. The number of nitrogens with zero attached hydrogens (tertiary/aromatic N) is 2. The monoisotopic (exact) mass is 326 g/mol. The third-order valence-corrected chi connectivity index (χ3v) is 5.13. The Hall–Kier alpha value is -1.51. The molecule has 1 aromatic rings. The molecule has 0 aliphatic carbocycles. The Balaban J connectivity index is 1.82. The van der Waals surface area contributed by atoms with Gasteiger partial charge in [-0.1, -0.05) is 12.5 Å². The third kappa shape index (κ3) is 4.75. The maximum Gasteiger partial charge on any atom is 0.279 e. The van der Waals surface area contributed by atoms with Crippen LogP contribution in [0.5, 0.6) is 0 Å². The summed E-state index contributed by atoms with van der Waals surface area (Å²) in [6.45, 7) is 2.57. The van der Waals surface area contributed by atoms with Gasteiger partial charge in [-0.3, -0.25) is 9.78 Å². The smallest absolute Gasteiger partial charge is 0.279 e. The van der Waals surface area contributed by atoms with Gasteiger partial charge in [0.05, 0.1) is 18.3 Å². The van der Waals surface area contributed by atoms with E-state index < -0.39 is 10.2 Å². The number of carbonyl (C=O) groups is 1. The summed E-state index contributed by atoms with van der Waals surface area (Å²) in [5.74, 6) is -0.376. The summed E-state index contributed by atoms with van der Waals surface area (Å²) < 4.78 is 27.9. The Bertz CT molecular complexity index is 585. The highest BCUT2D eigenvalue weighted by Gasteiger charge is 2.24. The molecule has 0 radical (unpaired) electrons. The van der Waals surface area contributed by atoms with Crippen LogP contribution in [0.3, 0.4) is 0 Å². The number of hydrogen-bond donors (Lipinski definition) is 2. The summed E-state index contributed by atoms with van der Waals surface area (Å²) in [5.41, 5.74) is 0.731. The lowest BCUT2D eigenvalue weighted by atomic mass is 10.2. The van der Waals surface area contributed by atoms with E-state index in [1.54, 1.807) is 19.2 Å². The molecule has 1 atom stereocenters. The minimum atomic E-state index is -3.57. The van der Waals surface area contributed by atoms with Crippen LogP contribution in [-0.4, -0.2) is 43.2 Å². The number of pyridine rings is 1. The molecule has 2 N–H and O–H groups in total. The first-order valence-corrected chi connectivity index (χ1v) is 8.88. The van der Waals surface area contributed by atoms with Gasteiger partial charge < -0.3 is 5.32 Å². The van der Waals surface area contributed by atoms with Crippen LogP contribution in [0.15, 0.2) is 24.4 Å². The number of amides is 1. The molecule has 1 aromatic heterocycles. The van der Waals surface area contributed by atoms with E-state index >= 15 is 0 Å². The molecular weight excluding hydrogens is 304 g/mol. The standard InChI is InChI=1S/C14H22N4O3S/c1-12(13-7-3-4-8-15-13)17-14(19)11-16-22(20,21)18-9-5-2-6-10-18/h3-4,7-8,12,16H,2,5-6,9-11H2,1H3,(H,17,19). The van der Waals surface area contributed by atoms with Crippen molar-refractivity contribution in [3.8, 4) is 0 Å². The zero-order chi connectivity index (χ0) is 16.0. The average molecular weight is 326 g/mol. The molecule has 8 heteroatoms. The van der Waals surface area contributed by atoms with Gasteiger partial charge in [0.25, 0.3) is 10.2 Å². The first-order chi connectivity index (χ1) is 10.5. The fraction of sp³-hybridized carbons (Fsp3) is 0.571. The first-order valence-electron chi connectivity index (χ1n) is 7.44. The summed E-state index contributed by atoms with van der Waals surface area (Å²) in [6, 6.07) is 5.17. The lowest BCUT2D eigenvalue weighted by Crippen LogP contribution is -2.46. The van der Waals surface area contributed by atoms with Crippen molar-refractivity contribution < 1.29 is 13.2 Å². The van der Waals surface area contributed by atoms with E-state index in [1.165, 1.54) is 4.31 Å². The van der Waals surface area contributed by atoms with Crippen molar-refractivity contribution >= 4 is 16.1 Å². The molecule has 2 heterocycles. The van der Waals surface area contributed by atoms with Crippen molar-refractivity contribution in [2.24, 2.45) is 0 Å². The molecule has 22 heavy (non-hydrogen) atoms. The fourth-order valence-corrected chi connectivity index (χ4v) is 3.59. The lowest BCUT2D eigenvalue weighted by molar-refractivity contribution is -0.120. The highest BCUT2D eigenvalue weighted by Crippen LogP contribution is 2.11. The predicted octanol–water partition coefficient (Wildman–Crippen LogP) is 0.579. The van der Waals surface area contributed by atoms with E-state index in [-0.39, 0.29) is 18.5 Å². The molecule has 1 aliphatic heterocycles. The lowest BCUT2D eigenvalue weighted by Gasteiger charge is -2.25. The molecule has 0 bridgehead atoms. The van der Waals surface area contributed by atoms with Crippen molar-refractivity contribution in [1.29, 1.82) is 0 Å². The topological polar surface area (TPSA) is 91.4 Å². The summed E-state index contributed by atoms with van der Waals surface area (Å²) in [4.78, 5) is 16.0. The number of aromatic nitrogens is 1. The molecule has 0 aromatic carbocycles. The van der Waals surface area contributed by atoms with Crippen LogP contribution in [0.1, 0.15) is 37.9 Å². The van der Waals surface area contributed by atoms with Crippen LogP contribution in [0.4, 0.5) is 0 Å². The maximum atomic E-state index is 12.1. The maximum absolute atomic E-state index is 12.1. The van der Waals surface area contributed by atoms with Gasteiger partial charge >= 0.3 is 0 Å². The Labute approximate surface area is 131 Å². The number of rotatable bonds is 6. The highest BCUT2D eigenvalue weighted by atomic mass is 32.2. The molecule has 122 valence electrons. The SMILES string of the molecule is CC(NC(=O)CNS(=O)(=O)N1CCCCC1)c1ccccn1. The molecule has 1 amide bonds. The quantitative estimate of drug-likeness (QED) is 0.800. The predicted molar refractivity (Wildman–Crippen MR) is 83.1 cm³/mol. The number of piperidine rings is 1. The summed E-state index contributed by atoms with van der Waals surface area (Å²) in [5, 5.41) is 2.72. The van der Waals surface area contributed by atoms with E-state index in [0.29, 0.717) is 13.1 Å². The Morgan fingerprint density at radius 1 is 1.32 bits per heavy atom. The van der Waals surface area contributed by atoms with Gasteiger partial charge in [-0.25, -0.2) is 0 Å². The minimum Gasteiger partial charge on any atom is -0.347 e. The van der Waals surface area contributed by atoms with Gasteiger partial charge in [-0.2, -0.15) is 17.4 Å². The van der Waals surface area contributed by atoms with Crippen LogP contribution in [0.2, 0.25) is 0 Å². The van der Waals surface area contributed by atoms with Crippen molar-refractivity contribution in [2.45, 2.75) is 32.2 Å². The summed E-state index contributed by atoms with van der Waals surface area (Å²) in [7, 11) is -3.57. The Morgan fingerprint density at radius 2 is 2.05 bits per heavy atom. The van der Waals surface area contributed by atoms with Gasteiger partial charge in [0.1, 0.15) is 0 Å². The zero-order valence-corrected chi connectivity index (χ0v) is 13.5. The van der Waals surface area contributed by atoms with Gasteiger partial charge in [-0.05, 0) is 31.9 Å². The fourth-order valence-electron chi connectivity index (χ4n) is 2.35. The highest BCUT2D eigenvalue weighted by molar-refractivity contribution is 7.87. The van der Waals surface area contributed by atoms with Crippen LogP contribution < -0.4 is 10.0 Å². The van der Waals surface area contributed by atoms with Crippen molar-refractivity contribution in [1.82, 2.24) is 19.3 Å².